The molecule has 25 heavy (non-hydrogen) atoms. The first-order valence-corrected chi connectivity index (χ1v) is 9.05. The van der Waals surface area contributed by atoms with Crippen molar-refractivity contribution in [3.63, 3.8) is 0 Å². The Bertz CT molecular complexity index is 1030. The highest BCUT2D eigenvalue weighted by atomic mass is 79.9. The molecule has 0 spiro atoms. The van der Waals surface area contributed by atoms with Crippen LogP contribution in [0.4, 0.5) is 0 Å². The molecule has 0 fully saturated rings. The molecular formula is C19H14Br2O4. The highest BCUT2D eigenvalue weighted by molar-refractivity contribution is 9.10. The molecule has 4 nitrogen and oxygen atoms in total. The Balaban J connectivity index is 0.000000146. The van der Waals surface area contributed by atoms with Gasteiger partial charge < -0.3 is 13.9 Å². The van der Waals surface area contributed by atoms with Crippen molar-refractivity contribution in [3.05, 3.63) is 69.0 Å². The van der Waals surface area contributed by atoms with Crippen molar-refractivity contribution in [2.45, 2.75) is 13.0 Å². The van der Waals surface area contributed by atoms with E-state index in [1.165, 1.54) is 0 Å². The molecule has 2 aromatic carbocycles. The molecule has 0 amide bonds. The van der Waals surface area contributed by atoms with E-state index in [0.717, 1.165) is 37.2 Å². The van der Waals surface area contributed by atoms with Gasteiger partial charge in [-0.2, -0.15) is 0 Å². The van der Waals surface area contributed by atoms with Crippen molar-refractivity contribution >= 4 is 60.1 Å². The van der Waals surface area contributed by atoms with E-state index < -0.39 is 6.10 Å². The zero-order valence-corrected chi connectivity index (χ0v) is 16.4. The maximum atomic E-state index is 10.6. The van der Waals surface area contributed by atoms with Crippen LogP contribution in [0, 0.1) is 0 Å². The number of aliphatic hydroxyl groups excluding tert-OH is 1. The Hall–Kier alpha value is -1.89. The minimum absolute atomic E-state index is 0.508. The molecular weight excluding hydrogens is 452 g/mol. The lowest BCUT2D eigenvalue weighted by Crippen LogP contribution is -1.91. The van der Waals surface area contributed by atoms with Crippen molar-refractivity contribution in [1.29, 1.82) is 0 Å². The summed E-state index contributed by atoms with van der Waals surface area (Å²) >= 11 is 6.69. The van der Waals surface area contributed by atoms with E-state index in [1.807, 2.05) is 30.3 Å². The normalized spacial score (nSPS) is 12.0. The molecule has 0 saturated carbocycles. The van der Waals surface area contributed by atoms with Gasteiger partial charge in [-0.15, -0.1) is 0 Å². The third-order valence-electron chi connectivity index (χ3n) is 3.67. The molecule has 2 aromatic heterocycles. The lowest BCUT2D eigenvalue weighted by atomic mass is 10.1. The second kappa shape index (κ2) is 7.56. The zero-order valence-electron chi connectivity index (χ0n) is 13.2. The minimum atomic E-state index is -0.508. The lowest BCUT2D eigenvalue weighted by Gasteiger charge is -2.05. The van der Waals surface area contributed by atoms with Crippen LogP contribution in [0.25, 0.3) is 21.9 Å². The van der Waals surface area contributed by atoms with Gasteiger partial charge in [-0.25, -0.2) is 0 Å². The van der Waals surface area contributed by atoms with E-state index >= 15 is 0 Å². The molecule has 128 valence electrons. The van der Waals surface area contributed by atoms with Gasteiger partial charge in [-0.1, -0.05) is 31.9 Å². The fraction of sp³-hybridized carbons (Fsp3) is 0.105. The highest BCUT2D eigenvalue weighted by Crippen LogP contribution is 2.29. The fourth-order valence-electron chi connectivity index (χ4n) is 2.54. The number of fused-ring (bicyclic) bond motifs is 2. The summed E-state index contributed by atoms with van der Waals surface area (Å²) < 4.78 is 12.3. The van der Waals surface area contributed by atoms with Crippen LogP contribution < -0.4 is 0 Å². The molecule has 6 heteroatoms. The van der Waals surface area contributed by atoms with Gasteiger partial charge in [0, 0.05) is 25.3 Å². The zero-order chi connectivity index (χ0) is 18.0. The monoisotopic (exact) mass is 464 g/mol. The Labute approximate surface area is 160 Å². The van der Waals surface area contributed by atoms with Gasteiger partial charge in [0.05, 0.1) is 24.2 Å². The molecule has 2 heterocycles. The Morgan fingerprint density at radius 3 is 2.12 bits per heavy atom. The van der Waals surface area contributed by atoms with E-state index in [4.69, 9.17) is 8.83 Å². The predicted molar refractivity (Wildman–Crippen MR) is 104 cm³/mol. The summed E-state index contributed by atoms with van der Waals surface area (Å²) in [7, 11) is 0. The van der Waals surface area contributed by atoms with Gasteiger partial charge in [0.25, 0.3) is 0 Å². The first-order chi connectivity index (χ1) is 12.0. The van der Waals surface area contributed by atoms with Crippen LogP contribution in [0.2, 0.25) is 0 Å². The molecule has 0 radical (unpaired) electrons. The van der Waals surface area contributed by atoms with E-state index in [1.54, 1.807) is 25.5 Å². The molecule has 1 unspecified atom stereocenters. The average molecular weight is 466 g/mol. The SMILES string of the molecule is CC(O)c1cc(Br)cc2ccoc12.O=Cc1cc(Br)cc2ccoc12. The summed E-state index contributed by atoms with van der Waals surface area (Å²) in [6.07, 6.45) is 3.48. The standard InChI is InChI=1S/C10H9BrO2.C9H5BrO2/c1-6(12)9-5-8(11)4-7-2-3-13-10(7)9;10-8-3-6-1-2-12-9(6)7(4-8)5-11/h2-6,12H,1H3;1-5H. The van der Waals surface area contributed by atoms with Crippen LogP contribution in [-0.2, 0) is 0 Å². The lowest BCUT2D eigenvalue weighted by molar-refractivity contribution is 0.112. The smallest absolute Gasteiger partial charge is 0.153 e. The minimum Gasteiger partial charge on any atom is -0.464 e. The summed E-state index contributed by atoms with van der Waals surface area (Å²) in [5, 5.41) is 11.4. The van der Waals surface area contributed by atoms with E-state index in [2.05, 4.69) is 31.9 Å². The predicted octanol–water partition coefficient (Wildman–Crippen LogP) is 6.26. The Kier molecular flexibility index (Phi) is 5.42. The van der Waals surface area contributed by atoms with Crippen molar-refractivity contribution in [2.75, 3.05) is 0 Å². The first kappa shape index (κ1) is 17.9. The van der Waals surface area contributed by atoms with Gasteiger partial charge in [0.15, 0.2) is 6.29 Å². The number of aldehydes is 1. The quantitative estimate of drug-likeness (QED) is 0.355. The molecule has 1 N–H and O–H groups in total. The number of hydrogen-bond donors (Lipinski definition) is 1. The van der Waals surface area contributed by atoms with Gasteiger partial charge >= 0.3 is 0 Å². The third kappa shape index (κ3) is 3.86. The molecule has 4 rings (SSSR count). The van der Waals surface area contributed by atoms with Crippen LogP contribution in [-0.4, -0.2) is 11.4 Å². The third-order valence-corrected chi connectivity index (χ3v) is 4.58. The maximum Gasteiger partial charge on any atom is 0.153 e. The van der Waals surface area contributed by atoms with Gasteiger partial charge in [0.1, 0.15) is 11.2 Å². The summed E-state index contributed by atoms with van der Waals surface area (Å²) in [5.74, 6) is 0. The van der Waals surface area contributed by atoms with Gasteiger partial charge in [0.2, 0.25) is 0 Å². The summed E-state index contributed by atoms with van der Waals surface area (Å²) in [6, 6.07) is 11.2. The molecule has 0 aliphatic rings. The van der Waals surface area contributed by atoms with Gasteiger partial charge in [-0.05, 0) is 43.3 Å². The summed E-state index contributed by atoms with van der Waals surface area (Å²) in [6.45, 7) is 1.73. The topological polar surface area (TPSA) is 63.6 Å². The number of carbonyl (C=O) groups is 1. The van der Waals surface area contributed by atoms with Gasteiger partial charge in [-0.3, -0.25) is 4.79 Å². The van der Waals surface area contributed by atoms with E-state index in [9.17, 15) is 9.90 Å². The van der Waals surface area contributed by atoms with Crippen LogP contribution in [0.3, 0.4) is 0 Å². The van der Waals surface area contributed by atoms with E-state index in [0.29, 0.717) is 11.1 Å². The second-order valence-corrected chi connectivity index (χ2v) is 7.29. The fourth-order valence-corrected chi connectivity index (χ4v) is 3.53. The number of furan rings is 2. The van der Waals surface area contributed by atoms with Crippen LogP contribution in [0.15, 0.2) is 66.7 Å². The molecule has 1 atom stereocenters. The highest BCUT2D eigenvalue weighted by Gasteiger charge is 2.10. The first-order valence-electron chi connectivity index (χ1n) is 7.46. The van der Waals surface area contributed by atoms with Crippen molar-refractivity contribution in [3.8, 4) is 0 Å². The number of halogens is 2. The largest absolute Gasteiger partial charge is 0.464 e. The number of rotatable bonds is 2. The molecule has 0 aliphatic carbocycles. The number of benzene rings is 2. The number of hydrogen-bond acceptors (Lipinski definition) is 4. The molecule has 4 aromatic rings. The van der Waals surface area contributed by atoms with Crippen molar-refractivity contribution in [1.82, 2.24) is 0 Å². The summed E-state index contributed by atoms with van der Waals surface area (Å²) in [5.41, 5.74) is 2.80. The second-order valence-electron chi connectivity index (χ2n) is 5.46. The maximum absolute atomic E-state index is 10.6. The van der Waals surface area contributed by atoms with Crippen LogP contribution >= 0.6 is 31.9 Å². The van der Waals surface area contributed by atoms with E-state index in [-0.39, 0.29) is 0 Å². The van der Waals surface area contributed by atoms with Crippen molar-refractivity contribution in [2.24, 2.45) is 0 Å². The van der Waals surface area contributed by atoms with Crippen LogP contribution in [0.1, 0.15) is 28.9 Å². The molecule has 0 aliphatic heterocycles. The van der Waals surface area contributed by atoms with Crippen molar-refractivity contribution < 1.29 is 18.7 Å². The average Bonchev–Trinajstić information content (AvgIpc) is 3.22. The Morgan fingerprint density at radius 2 is 1.52 bits per heavy atom. The summed E-state index contributed by atoms with van der Waals surface area (Å²) in [4.78, 5) is 10.6. The van der Waals surface area contributed by atoms with Crippen LogP contribution in [0.5, 0.6) is 0 Å². The molecule has 0 bridgehead atoms. The molecule has 0 saturated heterocycles. The number of aliphatic hydroxyl groups is 1. The number of carbonyl (C=O) groups excluding carboxylic acids is 1. The Morgan fingerprint density at radius 1 is 0.960 bits per heavy atom.